The minimum absolute atomic E-state index is 0.151. The van der Waals surface area contributed by atoms with Crippen molar-refractivity contribution in [3.05, 3.63) is 45.1 Å². The molecule has 6 nitrogen and oxygen atoms in total. The fourth-order valence-corrected chi connectivity index (χ4v) is 3.16. The van der Waals surface area contributed by atoms with E-state index in [-0.39, 0.29) is 29.1 Å². The van der Waals surface area contributed by atoms with E-state index in [4.69, 9.17) is 25.8 Å². The quantitative estimate of drug-likeness (QED) is 0.741. The number of benzene rings is 1. The summed E-state index contributed by atoms with van der Waals surface area (Å²) in [5.74, 6) is -0.441. The van der Waals surface area contributed by atoms with E-state index in [0.29, 0.717) is 11.5 Å². The third-order valence-electron chi connectivity index (χ3n) is 3.35. The van der Waals surface area contributed by atoms with Crippen LogP contribution in [0.3, 0.4) is 0 Å². The smallest absolute Gasteiger partial charge is 0.338 e. The molecule has 0 fully saturated rings. The first-order valence-corrected chi connectivity index (χ1v) is 8.63. The molecule has 0 aliphatic carbocycles. The molecule has 1 N–H and O–H groups in total. The van der Waals surface area contributed by atoms with E-state index in [2.05, 4.69) is 5.32 Å². The number of esters is 1. The van der Waals surface area contributed by atoms with E-state index in [0.717, 1.165) is 4.88 Å². The Morgan fingerprint density at radius 3 is 2.64 bits per heavy atom. The fourth-order valence-electron chi connectivity index (χ4n) is 2.14. The van der Waals surface area contributed by atoms with E-state index in [1.54, 1.807) is 11.3 Å². The highest BCUT2D eigenvalue weighted by Gasteiger charge is 2.18. The van der Waals surface area contributed by atoms with Gasteiger partial charge in [0.25, 0.3) is 5.91 Å². The zero-order valence-electron chi connectivity index (χ0n) is 14.0. The Kier molecular flexibility index (Phi) is 6.66. The Morgan fingerprint density at radius 2 is 2.04 bits per heavy atom. The van der Waals surface area contributed by atoms with Crippen molar-refractivity contribution in [2.45, 2.75) is 13.0 Å². The van der Waals surface area contributed by atoms with Gasteiger partial charge in [-0.1, -0.05) is 17.7 Å². The van der Waals surface area contributed by atoms with Crippen molar-refractivity contribution in [1.29, 1.82) is 0 Å². The second-order valence-electron chi connectivity index (χ2n) is 5.07. The molecule has 2 aromatic rings. The van der Waals surface area contributed by atoms with Crippen molar-refractivity contribution in [2.24, 2.45) is 0 Å². The number of ether oxygens (including phenoxy) is 3. The van der Waals surface area contributed by atoms with E-state index >= 15 is 0 Å². The average Bonchev–Trinajstić information content (AvgIpc) is 3.13. The highest BCUT2D eigenvalue weighted by Crippen LogP contribution is 2.36. The van der Waals surface area contributed by atoms with Crippen molar-refractivity contribution >= 4 is 34.8 Å². The molecule has 0 saturated heterocycles. The molecule has 25 heavy (non-hydrogen) atoms. The Morgan fingerprint density at radius 1 is 1.28 bits per heavy atom. The van der Waals surface area contributed by atoms with E-state index in [1.807, 2.05) is 24.4 Å². The van der Waals surface area contributed by atoms with Crippen LogP contribution >= 0.6 is 22.9 Å². The van der Waals surface area contributed by atoms with Crippen LogP contribution in [-0.2, 0) is 9.53 Å². The first kappa shape index (κ1) is 19.1. The molecular formula is C17H18ClNO5S. The van der Waals surface area contributed by atoms with Crippen molar-refractivity contribution < 1.29 is 23.8 Å². The molecule has 0 bridgehead atoms. The zero-order valence-corrected chi connectivity index (χ0v) is 15.6. The van der Waals surface area contributed by atoms with Crippen LogP contribution in [0.1, 0.15) is 28.2 Å². The Labute approximate surface area is 154 Å². The minimum atomic E-state index is -0.679. The summed E-state index contributed by atoms with van der Waals surface area (Å²) in [4.78, 5) is 25.1. The van der Waals surface area contributed by atoms with Crippen LogP contribution in [0.5, 0.6) is 11.5 Å². The Bertz CT molecular complexity index is 748. The van der Waals surface area contributed by atoms with Crippen LogP contribution in [0.2, 0.25) is 5.02 Å². The Balaban J connectivity index is 1.96. The van der Waals surface area contributed by atoms with Gasteiger partial charge in [0, 0.05) is 4.88 Å². The van der Waals surface area contributed by atoms with E-state index in [9.17, 15) is 9.59 Å². The lowest BCUT2D eigenvalue weighted by molar-refractivity contribution is -0.124. The summed E-state index contributed by atoms with van der Waals surface area (Å²) in [7, 11) is 2.88. The number of hydrogen-bond donors (Lipinski definition) is 1. The normalized spacial score (nSPS) is 11.5. The van der Waals surface area contributed by atoms with Crippen LogP contribution in [0, 0.1) is 0 Å². The topological polar surface area (TPSA) is 73.9 Å². The lowest BCUT2D eigenvalue weighted by Gasteiger charge is -2.13. The van der Waals surface area contributed by atoms with Gasteiger partial charge < -0.3 is 19.5 Å². The lowest BCUT2D eigenvalue weighted by Crippen LogP contribution is -2.30. The van der Waals surface area contributed by atoms with Crippen molar-refractivity contribution in [2.75, 3.05) is 20.8 Å². The van der Waals surface area contributed by atoms with Gasteiger partial charge >= 0.3 is 5.97 Å². The molecule has 0 radical (unpaired) electrons. The van der Waals surface area contributed by atoms with Gasteiger partial charge in [0.1, 0.15) is 0 Å². The van der Waals surface area contributed by atoms with Gasteiger partial charge in [0.05, 0.1) is 30.8 Å². The maximum atomic E-state index is 12.1. The molecule has 1 atom stereocenters. The van der Waals surface area contributed by atoms with Gasteiger partial charge in [-0.15, -0.1) is 11.3 Å². The van der Waals surface area contributed by atoms with Gasteiger partial charge in [-0.25, -0.2) is 4.79 Å². The number of amides is 1. The van der Waals surface area contributed by atoms with Crippen LogP contribution in [-0.4, -0.2) is 32.7 Å². The fraction of sp³-hybridized carbons (Fsp3) is 0.294. The molecule has 0 saturated carbocycles. The predicted octanol–water partition coefficient (Wildman–Crippen LogP) is 3.45. The summed E-state index contributed by atoms with van der Waals surface area (Å²) < 4.78 is 15.3. The van der Waals surface area contributed by atoms with Gasteiger partial charge in [-0.3, -0.25) is 4.79 Å². The summed E-state index contributed by atoms with van der Waals surface area (Å²) >= 11 is 7.60. The number of carbonyl (C=O) groups is 2. The molecule has 0 unspecified atom stereocenters. The summed E-state index contributed by atoms with van der Waals surface area (Å²) in [6.07, 6.45) is 0. The molecule has 134 valence electrons. The second kappa shape index (κ2) is 8.73. The zero-order chi connectivity index (χ0) is 18.4. The third kappa shape index (κ3) is 4.87. The molecule has 8 heteroatoms. The van der Waals surface area contributed by atoms with Crippen LogP contribution in [0.4, 0.5) is 0 Å². The third-order valence-corrected chi connectivity index (χ3v) is 4.69. The van der Waals surface area contributed by atoms with Crippen LogP contribution in [0.25, 0.3) is 0 Å². The highest BCUT2D eigenvalue weighted by atomic mass is 35.5. The maximum Gasteiger partial charge on any atom is 0.338 e. The average molecular weight is 384 g/mol. The molecule has 1 aromatic heterocycles. The van der Waals surface area contributed by atoms with Crippen LogP contribution < -0.4 is 14.8 Å². The summed E-state index contributed by atoms with van der Waals surface area (Å²) in [5.41, 5.74) is 0.168. The summed E-state index contributed by atoms with van der Waals surface area (Å²) in [5, 5.41) is 4.91. The minimum Gasteiger partial charge on any atom is -0.493 e. The van der Waals surface area contributed by atoms with Gasteiger partial charge in [-0.05, 0) is 30.5 Å². The number of rotatable bonds is 7. The molecule has 2 rings (SSSR count). The number of carbonyl (C=O) groups excluding carboxylic acids is 2. The second-order valence-corrected chi connectivity index (χ2v) is 6.46. The maximum absolute atomic E-state index is 12.1. The first-order chi connectivity index (χ1) is 12.0. The molecule has 1 aromatic carbocycles. The predicted molar refractivity (Wildman–Crippen MR) is 95.7 cm³/mol. The summed E-state index contributed by atoms with van der Waals surface area (Å²) in [6.45, 7) is 1.47. The molecule has 0 aliphatic heterocycles. The number of halogens is 1. The highest BCUT2D eigenvalue weighted by molar-refractivity contribution is 7.10. The monoisotopic (exact) mass is 383 g/mol. The van der Waals surface area contributed by atoms with Crippen LogP contribution in [0.15, 0.2) is 29.6 Å². The van der Waals surface area contributed by atoms with Crippen molar-refractivity contribution in [3.8, 4) is 11.5 Å². The molecule has 0 aliphatic rings. The lowest BCUT2D eigenvalue weighted by atomic mass is 10.2. The molecule has 1 amide bonds. The first-order valence-electron chi connectivity index (χ1n) is 7.37. The van der Waals surface area contributed by atoms with Gasteiger partial charge in [0.2, 0.25) is 0 Å². The SMILES string of the molecule is COc1cc(C(=O)OCC(=O)N[C@@H](C)c2cccs2)cc(Cl)c1OC. The van der Waals surface area contributed by atoms with Crippen molar-refractivity contribution in [3.63, 3.8) is 0 Å². The van der Waals surface area contributed by atoms with Gasteiger partial charge in [-0.2, -0.15) is 0 Å². The van der Waals surface area contributed by atoms with Gasteiger partial charge in [0.15, 0.2) is 18.1 Å². The standard InChI is InChI=1S/C17H18ClNO5S/c1-10(14-5-4-6-25-14)19-15(20)9-24-17(21)11-7-12(18)16(23-3)13(8-11)22-2/h4-8,10H,9H2,1-3H3,(H,19,20)/t10-/m0/s1. The molecular weight excluding hydrogens is 366 g/mol. The van der Waals surface area contributed by atoms with E-state index in [1.165, 1.54) is 26.4 Å². The number of nitrogens with one attached hydrogen (secondary N) is 1. The summed E-state index contributed by atoms with van der Waals surface area (Å²) in [6, 6.07) is 6.52. The number of methoxy groups -OCH3 is 2. The number of thiophene rings is 1. The van der Waals surface area contributed by atoms with E-state index < -0.39 is 5.97 Å². The number of hydrogen-bond acceptors (Lipinski definition) is 6. The Hall–Kier alpha value is -2.25. The largest absolute Gasteiger partial charge is 0.493 e. The molecule has 0 spiro atoms. The van der Waals surface area contributed by atoms with Crippen molar-refractivity contribution in [1.82, 2.24) is 5.32 Å². The molecule has 1 heterocycles.